The Balaban J connectivity index is 1.46. The summed E-state index contributed by atoms with van der Waals surface area (Å²) >= 11 is 0. The molecule has 1 aromatic heterocycles. The first kappa shape index (κ1) is 14.3. The zero-order valence-electron chi connectivity index (χ0n) is 12.1. The molecule has 0 saturated heterocycles. The minimum absolute atomic E-state index is 0.145. The van der Waals surface area contributed by atoms with Gasteiger partial charge in [-0.15, -0.1) is 0 Å². The molecule has 0 radical (unpaired) electrons. The van der Waals surface area contributed by atoms with E-state index in [9.17, 15) is 4.79 Å². The van der Waals surface area contributed by atoms with Crippen molar-refractivity contribution in [1.29, 1.82) is 0 Å². The first-order valence-electron chi connectivity index (χ1n) is 7.17. The van der Waals surface area contributed by atoms with E-state index in [4.69, 9.17) is 4.84 Å². The van der Waals surface area contributed by atoms with Crippen LogP contribution in [0.5, 0.6) is 0 Å². The van der Waals surface area contributed by atoms with Gasteiger partial charge in [-0.3, -0.25) is 9.63 Å². The number of rotatable bonds is 6. The summed E-state index contributed by atoms with van der Waals surface area (Å²) in [7, 11) is 0. The Kier molecular flexibility index (Phi) is 4.46. The van der Waals surface area contributed by atoms with E-state index in [-0.39, 0.29) is 5.91 Å². The number of aryl methyl sites for hydroxylation is 1. The van der Waals surface area contributed by atoms with Crippen LogP contribution >= 0.6 is 0 Å². The molecule has 0 aliphatic rings. The molecule has 112 valence electrons. The molecule has 1 amide bonds. The summed E-state index contributed by atoms with van der Waals surface area (Å²) in [5.74, 6) is -0.145. The van der Waals surface area contributed by atoms with Crippen LogP contribution in [0, 0.1) is 0 Å². The SMILES string of the molecule is O=C(CCn1cnc2ccccc21)NOCc1ccccc1. The number of benzene rings is 2. The summed E-state index contributed by atoms with van der Waals surface area (Å²) in [4.78, 5) is 21.3. The molecule has 22 heavy (non-hydrogen) atoms. The van der Waals surface area contributed by atoms with Gasteiger partial charge < -0.3 is 4.57 Å². The zero-order chi connectivity index (χ0) is 15.2. The molecule has 0 saturated carbocycles. The van der Waals surface area contributed by atoms with Crippen LogP contribution in [0.2, 0.25) is 0 Å². The lowest BCUT2D eigenvalue weighted by molar-refractivity contribution is -0.134. The number of imidazole rings is 1. The van der Waals surface area contributed by atoms with E-state index in [1.54, 1.807) is 6.33 Å². The maximum absolute atomic E-state index is 11.8. The Labute approximate surface area is 128 Å². The first-order chi connectivity index (χ1) is 10.8. The van der Waals surface area contributed by atoms with Gasteiger partial charge in [0.2, 0.25) is 5.91 Å². The van der Waals surface area contributed by atoms with Gasteiger partial charge in [0.1, 0.15) is 0 Å². The quantitative estimate of drug-likeness (QED) is 0.711. The van der Waals surface area contributed by atoms with Crippen molar-refractivity contribution in [2.75, 3.05) is 0 Å². The maximum atomic E-state index is 11.8. The van der Waals surface area contributed by atoms with Gasteiger partial charge in [0, 0.05) is 13.0 Å². The molecule has 0 aliphatic carbocycles. The zero-order valence-corrected chi connectivity index (χ0v) is 12.1. The second-order valence-corrected chi connectivity index (χ2v) is 4.98. The molecule has 3 aromatic rings. The number of hydrogen-bond donors (Lipinski definition) is 1. The molecular weight excluding hydrogens is 278 g/mol. The molecule has 0 unspecified atom stereocenters. The average molecular weight is 295 g/mol. The average Bonchev–Trinajstić information content (AvgIpc) is 2.97. The van der Waals surface area contributed by atoms with Crippen LogP contribution < -0.4 is 5.48 Å². The van der Waals surface area contributed by atoms with Crippen molar-refractivity contribution in [2.45, 2.75) is 19.6 Å². The molecule has 0 aliphatic heterocycles. The third-order valence-corrected chi connectivity index (χ3v) is 3.37. The number of fused-ring (bicyclic) bond motifs is 1. The summed E-state index contributed by atoms with van der Waals surface area (Å²) in [6.45, 7) is 0.932. The van der Waals surface area contributed by atoms with E-state index in [1.807, 2.05) is 59.2 Å². The second kappa shape index (κ2) is 6.87. The third kappa shape index (κ3) is 3.51. The number of hydroxylamine groups is 1. The number of carbonyl (C=O) groups excluding carboxylic acids is 1. The van der Waals surface area contributed by atoms with Crippen molar-refractivity contribution >= 4 is 16.9 Å². The molecule has 0 atom stereocenters. The minimum Gasteiger partial charge on any atom is -0.330 e. The highest BCUT2D eigenvalue weighted by Gasteiger charge is 2.05. The molecular formula is C17H17N3O2. The van der Waals surface area contributed by atoms with Gasteiger partial charge in [-0.2, -0.15) is 0 Å². The van der Waals surface area contributed by atoms with Gasteiger partial charge in [-0.25, -0.2) is 10.5 Å². The van der Waals surface area contributed by atoms with Crippen molar-refractivity contribution in [3.63, 3.8) is 0 Å². The van der Waals surface area contributed by atoms with Crippen LogP contribution in [0.25, 0.3) is 11.0 Å². The highest BCUT2D eigenvalue weighted by Crippen LogP contribution is 2.12. The van der Waals surface area contributed by atoms with E-state index in [0.717, 1.165) is 16.6 Å². The molecule has 0 bridgehead atoms. The van der Waals surface area contributed by atoms with Crippen LogP contribution in [0.1, 0.15) is 12.0 Å². The third-order valence-electron chi connectivity index (χ3n) is 3.37. The Morgan fingerprint density at radius 1 is 1.09 bits per heavy atom. The lowest BCUT2D eigenvalue weighted by atomic mass is 10.2. The Hall–Kier alpha value is -2.66. The van der Waals surface area contributed by atoms with Crippen LogP contribution in [0.15, 0.2) is 60.9 Å². The highest BCUT2D eigenvalue weighted by molar-refractivity contribution is 5.76. The normalized spacial score (nSPS) is 10.7. The Morgan fingerprint density at radius 3 is 2.73 bits per heavy atom. The standard InChI is InChI=1S/C17H17N3O2/c21-17(19-22-12-14-6-2-1-3-7-14)10-11-20-13-18-15-8-4-5-9-16(15)20/h1-9,13H,10-12H2,(H,19,21). The number of carbonyl (C=O) groups is 1. The smallest absolute Gasteiger partial charge is 0.245 e. The molecule has 0 fully saturated rings. The molecule has 2 aromatic carbocycles. The van der Waals surface area contributed by atoms with E-state index >= 15 is 0 Å². The molecule has 5 nitrogen and oxygen atoms in total. The van der Waals surface area contributed by atoms with E-state index in [1.165, 1.54) is 0 Å². The molecule has 5 heteroatoms. The van der Waals surface area contributed by atoms with Crippen LogP contribution in [-0.2, 0) is 22.8 Å². The number of aromatic nitrogens is 2. The monoisotopic (exact) mass is 295 g/mol. The lowest BCUT2D eigenvalue weighted by Crippen LogP contribution is -2.24. The van der Waals surface area contributed by atoms with E-state index in [0.29, 0.717) is 19.6 Å². The summed E-state index contributed by atoms with van der Waals surface area (Å²) in [6.07, 6.45) is 2.10. The molecule has 3 rings (SSSR count). The van der Waals surface area contributed by atoms with Crippen molar-refractivity contribution < 1.29 is 9.63 Å². The minimum atomic E-state index is -0.145. The van der Waals surface area contributed by atoms with Gasteiger partial charge in [-0.05, 0) is 17.7 Å². The number of nitrogens with one attached hydrogen (secondary N) is 1. The fourth-order valence-electron chi connectivity index (χ4n) is 2.24. The first-order valence-corrected chi connectivity index (χ1v) is 7.17. The molecule has 0 spiro atoms. The summed E-state index contributed by atoms with van der Waals surface area (Å²) in [5.41, 5.74) is 5.45. The fraction of sp³-hybridized carbons (Fsp3) is 0.176. The van der Waals surface area contributed by atoms with Crippen molar-refractivity contribution in [1.82, 2.24) is 15.0 Å². The van der Waals surface area contributed by atoms with E-state index in [2.05, 4.69) is 10.5 Å². The lowest BCUT2D eigenvalue weighted by Gasteiger charge is -2.07. The van der Waals surface area contributed by atoms with Crippen LogP contribution in [0.3, 0.4) is 0 Å². The van der Waals surface area contributed by atoms with Crippen molar-refractivity contribution in [2.24, 2.45) is 0 Å². The fourth-order valence-corrected chi connectivity index (χ4v) is 2.24. The van der Waals surface area contributed by atoms with Crippen LogP contribution in [0.4, 0.5) is 0 Å². The Bertz CT molecular complexity index is 753. The van der Waals surface area contributed by atoms with Crippen LogP contribution in [-0.4, -0.2) is 15.5 Å². The van der Waals surface area contributed by atoms with Crippen molar-refractivity contribution in [3.05, 3.63) is 66.5 Å². The van der Waals surface area contributed by atoms with Gasteiger partial charge >= 0.3 is 0 Å². The van der Waals surface area contributed by atoms with Gasteiger partial charge in [0.05, 0.1) is 24.0 Å². The number of para-hydroxylation sites is 2. The van der Waals surface area contributed by atoms with Gasteiger partial charge in [0.15, 0.2) is 0 Å². The highest BCUT2D eigenvalue weighted by atomic mass is 16.6. The second-order valence-electron chi connectivity index (χ2n) is 4.98. The predicted molar refractivity (Wildman–Crippen MR) is 83.7 cm³/mol. The summed E-state index contributed by atoms with van der Waals surface area (Å²) in [6, 6.07) is 17.6. The number of nitrogens with zero attached hydrogens (tertiary/aromatic N) is 2. The summed E-state index contributed by atoms with van der Waals surface area (Å²) < 4.78 is 1.96. The maximum Gasteiger partial charge on any atom is 0.245 e. The summed E-state index contributed by atoms with van der Waals surface area (Å²) in [5, 5.41) is 0. The molecule has 1 heterocycles. The number of hydrogen-bond acceptors (Lipinski definition) is 3. The van der Waals surface area contributed by atoms with Gasteiger partial charge in [0.25, 0.3) is 0 Å². The topological polar surface area (TPSA) is 56.2 Å². The van der Waals surface area contributed by atoms with E-state index < -0.39 is 0 Å². The Morgan fingerprint density at radius 2 is 1.86 bits per heavy atom. The largest absolute Gasteiger partial charge is 0.330 e. The van der Waals surface area contributed by atoms with Gasteiger partial charge in [-0.1, -0.05) is 42.5 Å². The van der Waals surface area contributed by atoms with Crippen molar-refractivity contribution in [3.8, 4) is 0 Å². The number of amides is 1. The predicted octanol–water partition coefficient (Wildman–Crippen LogP) is 2.67. The molecule has 1 N–H and O–H groups in total.